The van der Waals surface area contributed by atoms with Crippen molar-refractivity contribution in [3.8, 4) is 0 Å². The van der Waals surface area contributed by atoms with Crippen LogP contribution in [0.4, 0.5) is 0 Å². The molecule has 5 nitrogen and oxygen atoms in total. The highest BCUT2D eigenvalue weighted by Crippen LogP contribution is 2.21. The summed E-state index contributed by atoms with van der Waals surface area (Å²) in [6, 6.07) is 8.10. The van der Waals surface area contributed by atoms with E-state index in [1.807, 2.05) is 31.2 Å². The van der Waals surface area contributed by atoms with Gasteiger partial charge in [0, 0.05) is 6.54 Å². The second-order valence-corrected chi connectivity index (χ2v) is 6.15. The Morgan fingerprint density at radius 2 is 2.00 bits per heavy atom. The van der Waals surface area contributed by atoms with Gasteiger partial charge in [0.2, 0.25) is 0 Å². The zero-order valence-electron chi connectivity index (χ0n) is 13.6. The number of nitrogens with one attached hydrogen (secondary N) is 1. The first-order valence-corrected chi connectivity index (χ1v) is 8.01. The van der Waals surface area contributed by atoms with E-state index in [0.29, 0.717) is 35.9 Å². The summed E-state index contributed by atoms with van der Waals surface area (Å²) in [5.74, 6) is -0.261. The summed E-state index contributed by atoms with van der Waals surface area (Å²) in [6.45, 7) is 6.39. The molecule has 1 heterocycles. The second-order valence-electron chi connectivity index (χ2n) is 5.79. The van der Waals surface area contributed by atoms with Gasteiger partial charge >= 0.3 is 0 Å². The molecule has 0 fully saturated rings. The van der Waals surface area contributed by atoms with E-state index in [-0.39, 0.29) is 5.91 Å². The van der Waals surface area contributed by atoms with E-state index in [1.165, 1.54) is 5.56 Å². The molecule has 1 unspecified atom stereocenters. The van der Waals surface area contributed by atoms with Crippen LogP contribution in [-0.2, 0) is 6.54 Å². The summed E-state index contributed by atoms with van der Waals surface area (Å²) >= 11 is 6.34. The third kappa shape index (κ3) is 4.56. The molecule has 0 spiro atoms. The molecule has 6 heteroatoms. The van der Waals surface area contributed by atoms with Gasteiger partial charge in [0.05, 0.1) is 23.9 Å². The molecule has 1 amide bonds. The van der Waals surface area contributed by atoms with Gasteiger partial charge in [-0.1, -0.05) is 41.4 Å². The van der Waals surface area contributed by atoms with Crippen molar-refractivity contribution in [2.75, 3.05) is 6.54 Å². The Balaban J connectivity index is 2.12. The van der Waals surface area contributed by atoms with E-state index in [1.54, 1.807) is 18.5 Å². The fourth-order valence-electron chi connectivity index (χ4n) is 2.27. The minimum absolute atomic E-state index is 0.261. The predicted molar refractivity (Wildman–Crippen MR) is 90.9 cm³/mol. The van der Waals surface area contributed by atoms with Crippen LogP contribution in [0.5, 0.6) is 0 Å². The number of rotatable bonds is 6. The third-order valence-corrected chi connectivity index (χ3v) is 3.98. The number of hydrogen-bond donors (Lipinski definition) is 2. The smallest absolute Gasteiger partial charge is 0.256 e. The molecular weight excluding hydrogens is 314 g/mol. The molecule has 1 aromatic carbocycles. The lowest BCUT2D eigenvalue weighted by Crippen LogP contribution is -2.27. The van der Waals surface area contributed by atoms with Crippen LogP contribution in [0.1, 0.15) is 40.5 Å². The number of carbonyl (C=O) groups is 1. The number of halogens is 1. The van der Waals surface area contributed by atoms with Gasteiger partial charge in [-0.3, -0.25) is 4.79 Å². The highest BCUT2D eigenvalue weighted by atomic mass is 35.5. The SMILES string of the molecule is Cc1ccc(Cn2nc(C)c(C(=O)NCCC(C)O)c2Cl)cc1. The summed E-state index contributed by atoms with van der Waals surface area (Å²) in [7, 11) is 0. The molecule has 2 rings (SSSR count). The van der Waals surface area contributed by atoms with Crippen molar-refractivity contribution in [2.24, 2.45) is 0 Å². The number of carbonyl (C=O) groups excluding carboxylic acids is 1. The van der Waals surface area contributed by atoms with Crippen LogP contribution in [0.25, 0.3) is 0 Å². The minimum Gasteiger partial charge on any atom is -0.393 e. The van der Waals surface area contributed by atoms with Crippen LogP contribution in [0.15, 0.2) is 24.3 Å². The first kappa shape index (κ1) is 17.5. The van der Waals surface area contributed by atoms with Gasteiger partial charge in [0.1, 0.15) is 5.15 Å². The van der Waals surface area contributed by atoms with Crippen LogP contribution in [0.3, 0.4) is 0 Å². The molecule has 124 valence electrons. The fraction of sp³-hybridized carbons (Fsp3) is 0.412. The lowest BCUT2D eigenvalue weighted by atomic mass is 10.1. The van der Waals surface area contributed by atoms with Crippen molar-refractivity contribution in [1.29, 1.82) is 0 Å². The first-order chi connectivity index (χ1) is 10.9. The fourth-order valence-corrected chi connectivity index (χ4v) is 2.59. The van der Waals surface area contributed by atoms with Gasteiger partial charge in [-0.2, -0.15) is 5.10 Å². The number of hydrogen-bond acceptors (Lipinski definition) is 3. The molecule has 0 aliphatic heterocycles. The lowest BCUT2D eigenvalue weighted by Gasteiger charge is -2.07. The standard InChI is InChI=1S/C17H22ClN3O2/c1-11-4-6-14(7-5-11)10-21-16(18)15(13(3)20-21)17(23)19-9-8-12(2)22/h4-7,12,22H,8-10H2,1-3H3,(H,19,23). The van der Waals surface area contributed by atoms with Gasteiger partial charge in [0.15, 0.2) is 0 Å². The van der Waals surface area contributed by atoms with Crippen molar-refractivity contribution in [1.82, 2.24) is 15.1 Å². The Morgan fingerprint density at radius 3 is 2.61 bits per heavy atom. The summed E-state index contributed by atoms with van der Waals surface area (Å²) in [5.41, 5.74) is 3.25. The average molecular weight is 336 g/mol. The van der Waals surface area contributed by atoms with Crippen molar-refractivity contribution in [3.63, 3.8) is 0 Å². The highest BCUT2D eigenvalue weighted by molar-refractivity contribution is 6.33. The minimum atomic E-state index is -0.448. The maximum absolute atomic E-state index is 12.2. The maximum atomic E-state index is 12.2. The number of aromatic nitrogens is 2. The summed E-state index contributed by atoms with van der Waals surface area (Å²) in [4.78, 5) is 12.2. The van der Waals surface area contributed by atoms with Crippen LogP contribution >= 0.6 is 11.6 Å². The molecule has 23 heavy (non-hydrogen) atoms. The van der Waals surface area contributed by atoms with Gasteiger partial charge in [0.25, 0.3) is 5.91 Å². The highest BCUT2D eigenvalue weighted by Gasteiger charge is 2.20. The van der Waals surface area contributed by atoms with E-state index < -0.39 is 6.10 Å². The molecule has 0 saturated carbocycles. The van der Waals surface area contributed by atoms with Gasteiger partial charge in [-0.05, 0) is 32.8 Å². The predicted octanol–water partition coefficient (Wildman–Crippen LogP) is 2.70. The van der Waals surface area contributed by atoms with E-state index in [4.69, 9.17) is 11.6 Å². The van der Waals surface area contributed by atoms with E-state index in [0.717, 1.165) is 5.56 Å². The monoisotopic (exact) mass is 335 g/mol. The Hall–Kier alpha value is -1.85. The van der Waals surface area contributed by atoms with Crippen molar-refractivity contribution < 1.29 is 9.90 Å². The molecular formula is C17H22ClN3O2. The van der Waals surface area contributed by atoms with Crippen LogP contribution < -0.4 is 5.32 Å². The molecule has 0 aliphatic carbocycles. The second kappa shape index (κ2) is 7.62. The van der Waals surface area contributed by atoms with Crippen LogP contribution in [0.2, 0.25) is 5.15 Å². The van der Waals surface area contributed by atoms with E-state index >= 15 is 0 Å². The number of benzene rings is 1. The Labute approximate surface area is 141 Å². The Morgan fingerprint density at radius 1 is 1.35 bits per heavy atom. The van der Waals surface area contributed by atoms with E-state index in [2.05, 4.69) is 10.4 Å². The number of aliphatic hydroxyl groups is 1. The first-order valence-electron chi connectivity index (χ1n) is 7.63. The molecule has 0 saturated heterocycles. The van der Waals surface area contributed by atoms with Gasteiger partial charge in [-0.25, -0.2) is 4.68 Å². The topological polar surface area (TPSA) is 67.2 Å². The Kier molecular flexibility index (Phi) is 5.80. The summed E-state index contributed by atoms with van der Waals surface area (Å²) in [5, 5.41) is 16.7. The normalized spacial score (nSPS) is 12.2. The van der Waals surface area contributed by atoms with Gasteiger partial charge in [-0.15, -0.1) is 0 Å². The van der Waals surface area contributed by atoms with Crippen molar-refractivity contribution >= 4 is 17.5 Å². The molecule has 0 aliphatic rings. The summed E-state index contributed by atoms with van der Waals surface area (Å²) < 4.78 is 1.63. The average Bonchev–Trinajstić information content (AvgIpc) is 2.75. The van der Waals surface area contributed by atoms with Gasteiger partial charge < -0.3 is 10.4 Å². The zero-order valence-corrected chi connectivity index (χ0v) is 14.4. The number of nitrogens with zero attached hydrogens (tertiary/aromatic N) is 2. The number of aryl methyl sites for hydroxylation is 2. The van der Waals surface area contributed by atoms with E-state index in [9.17, 15) is 9.90 Å². The van der Waals surface area contributed by atoms with Crippen molar-refractivity contribution in [2.45, 2.75) is 39.8 Å². The summed E-state index contributed by atoms with van der Waals surface area (Å²) in [6.07, 6.45) is 0.0519. The molecule has 1 aromatic heterocycles. The van der Waals surface area contributed by atoms with Crippen molar-refractivity contribution in [3.05, 3.63) is 51.8 Å². The lowest BCUT2D eigenvalue weighted by molar-refractivity contribution is 0.0945. The Bertz CT molecular complexity index is 678. The van der Waals surface area contributed by atoms with Crippen LogP contribution in [-0.4, -0.2) is 33.4 Å². The molecule has 0 bridgehead atoms. The quantitative estimate of drug-likeness (QED) is 0.853. The largest absolute Gasteiger partial charge is 0.393 e. The maximum Gasteiger partial charge on any atom is 0.256 e. The van der Waals surface area contributed by atoms with Crippen LogP contribution in [0, 0.1) is 13.8 Å². The number of aliphatic hydroxyl groups excluding tert-OH is 1. The zero-order chi connectivity index (χ0) is 17.0. The third-order valence-electron chi connectivity index (χ3n) is 3.59. The molecule has 2 N–H and O–H groups in total. The number of amides is 1. The molecule has 2 aromatic rings. The molecule has 1 atom stereocenters. The molecule has 0 radical (unpaired) electrons.